The maximum atomic E-state index is 14.7. The van der Waals surface area contributed by atoms with Crippen molar-refractivity contribution in [2.24, 2.45) is 0 Å². The molecule has 1 aliphatic carbocycles. The lowest BCUT2D eigenvalue weighted by Gasteiger charge is -2.26. The van der Waals surface area contributed by atoms with Gasteiger partial charge < -0.3 is 14.8 Å². The topological polar surface area (TPSA) is 112 Å². The standard InChI is InChI=1S/C25H32FN3O5S/c1-5-6-21-22(12-18-8-7-17(4)11-23(18)26)24(14-28(16(2)3)25(21)32)27-35(33,34)29(19-9-10-19)13-20(31)15-30/h7-8,11,14,16,19-20,27,30-31H,9-10,12-13,15H2,1-4H3. The van der Waals surface area contributed by atoms with E-state index in [1.165, 1.54) is 16.8 Å². The highest BCUT2D eigenvalue weighted by molar-refractivity contribution is 7.90. The Morgan fingerprint density at radius 2 is 2.00 bits per heavy atom. The number of anilines is 1. The lowest BCUT2D eigenvalue weighted by atomic mass is 9.98. The molecule has 3 N–H and O–H groups in total. The number of nitrogens with one attached hydrogen (secondary N) is 1. The van der Waals surface area contributed by atoms with Gasteiger partial charge in [-0.25, -0.2) is 4.39 Å². The Morgan fingerprint density at radius 3 is 2.54 bits per heavy atom. The number of rotatable bonds is 10. The number of halogens is 1. The number of benzene rings is 1. The first kappa shape index (κ1) is 26.9. The summed E-state index contributed by atoms with van der Waals surface area (Å²) in [4.78, 5) is 13.2. The monoisotopic (exact) mass is 505 g/mol. The second kappa shape index (κ2) is 10.9. The maximum Gasteiger partial charge on any atom is 0.302 e. The summed E-state index contributed by atoms with van der Waals surface area (Å²) >= 11 is 0. The highest BCUT2D eigenvalue weighted by atomic mass is 32.2. The summed E-state index contributed by atoms with van der Waals surface area (Å²) in [5.74, 6) is 5.04. The van der Waals surface area contributed by atoms with E-state index in [0.717, 1.165) is 9.87 Å². The van der Waals surface area contributed by atoms with E-state index < -0.39 is 34.3 Å². The van der Waals surface area contributed by atoms with Crippen LogP contribution in [0.1, 0.15) is 61.9 Å². The second-order valence-corrected chi connectivity index (χ2v) is 10.7. The third-order valence-corrected chi connectivity index (χ3v) is 7.37. The first-order valence-corrected chi connectivity index (χ1v) is 13.0. The van der Waals surface area contributed by atoms with E-state index in [4.69, 9.17) is 0 Å². The minimum absolute atomic E-state index is 0.0507. The molecule has 0 amide bonds. The Balaban J connectivity index is 2.17. The van der Waals surface area contributed by atoms with Crippen LogP contribution in [0, 0.1) is 24.6 Å². The smallest absolute Gasteiger partial charge is 0.302 e. The van der Waals surface area contributed by atoms with Crippen LogP contribution in [-0.2, 0) is 16.6 Å². The van der Waals surface area contributed by atoms with Crippen LogP contribution in [0.5, 0.6) is 0 Å². The zero-order chi connectivity index (χ0) is 25.9. The molecule has 1 unspecified atom stereocenters. The fraction of sp³-hybridized carbons (Fsp3) is 0.480. The molecule has 1 fully saturated rings. The van der Waals surface area contributed by atoms with Crippen LogP contribution in [0.3, 0.4) is 0 Å². The van der Waals surface area contributed by atoms with Crippen molar-refractivity contribution in [2.75, 3.05) is 17.9 Å². The van der Waals surface area contributed by atoms with Gasteiger partial charge in [-0.1, -0.05) is 18.1 Å². The van der Waals surface area contributed by atoms with Gasteiger partial charge >= 0.3 is 10.2 Å². The number of aliphatic hydroxyl groups excluding tert-OH is 2. The zero-order valence-electron chi connectivity index (χ0n) is 20.4. The van der Waals surface area contributed by atoms with Crippen LogP contribution in [-0.4, -0.2) is 52.8 Å². The Morgan fingerprint density at radius 1 is 1.31 bits per heavy atom. The number of hydrogen-bond donors (Lipinski definition) is 3. The van der Waals surface area contributed by atoms with Crippen molar-refractivity contribution in [3.63, 3.8) is 0 Å². The Kier molecular flexibility index (Phi) is 8.38. The number of pyridine rings is 1. The molecule has 3 rings (SSSR count). The minimum Gasteiger partial charge on any atom is -0.394 e. The molecule has 1 saturated carbocycles. The summed E-state index contributed by atoms with van der Waals surface area (Å²) in [6.45, 7) is 6.05. The van der Waals surface area contributed by atoms with Crippen LogP contribution < -0.4 is 10.3 Å². The summed E-state index contributed by atoms with van der Waals surface area (Å²) in [6.07, 6.45) is 1.40. The van der Waals surface area contributed by atoms with Crippen LogP contribution >= 0.6 is 0 Å². The van der Waals surface area contributed by atoms with E-state index in [1.807, 2.05) is 0 Å². The molecule has 0 spiro atoms. The third-order valence-electron chi connectivity index (χ3n) is 5.83. The fourth-order valence-corrected chi connectivity index (χ4v) is 5.38. The number of hydrogen-bond acceptors (Lipinski definition) is 5. The Labute approximate surface area is 205 Å². The molecule has 1 aromatic heterocycles. The van der Waals surface area contributed by atoms with Crippen LogP contribution in [0.25, 0.3) is 0 Å². The molecule has 190 valence electrons. The van der Waals surface area contributed by atoms with Crippen molar-refractivity contribution in [3.8, 4) is 11.8 Å². The Bertz CT molecular complexity index is 1310. The molecule has 35 heavy (non-hydrogen) atoms. The summed E-state index contributed by atoms with van der Waals surface area (Å²) in [5, 5.41) is 19.2. The molecule has 8 nitrogen and oxygen atoms in total. The molecule has 1 atom stereocenters. The second-order valence-electron chi connectivity index (χ2n) is 9.09. The SMILES string of the molecule is CC#Cc1c(Cc2ccc(C)cc2F)c(NS(=O)(=O)N(CC(O)CO)C2CC2)cn(C(C)C)c1=O. The van der Waals surface area contributed by atoms with Gasteiger partial charge in [0.05, 0.1) is 24.0 Å². The van der Waals surface area contributed by atoms with E-state index in [-0.39, 0.29) is 41.9 Å². The molecule has 10 heteroatoms. The summed E-state index contributed by atoms with van der Waals surface area (Å²) in [7, 11) is -4.18. The van der Waals surface area contributed by atoms with Gasteiger partial charge in [-0.3, -0.25) is 9.52 Å². The molecule has 2 aromatic rings. The van der Waals surface area contributed by atoms with Gasteiger partial charge in [-0.05, 0) is 57.7 Å². The molecule has 1 aliphatic rings. The van der Waals surface area contributed by atoms with Crippen molar-refractivity contribution in [3.05, 3.63) is 62.8 Å². The number of nitrogens with zero attached hydrogens (tertiary/aromatic N) is 2. The van der Waals surface area contributed by atoms with Crippen LogP contribution in [0.4, 0.5) is 10.1 Å². The summed E-state index contributed by atoms with van der Waals surface area (Å²) in [5.41, 5.74) is 1.11. The van der Waals surface area contributed by atoms with Gasteiger partial charge in [0.1, 0.15) is 5.82 Å². The summed E-state index contributed by atoms with van der Waals surface area (Å²) in [6, 6.07) is 4.15. The lowest BCUT2D eigenvalue weighted by molar-refractivity contribution is 0.0776. The first-order chi connectivity index (χ1) is 16.5. The molecule has 0 saturated heterocycles. The molecule has 0 radical (unpaired) electrons. The Hall–Kier alpha value is -2.71. The van der Waals surface area contributed by atoms with Gasteiger partial charge in [0.2, 0.25) is 0 Å². The molecule has 0 bridgehead atoms. The van der Waals surface area contributed by atoms with E-state index >= 15 is 0 Å². The van der Waals surface area contributed by atoms with Gasteiger partial charge in [0, 0.05) is 36.8 Å². The van der Waals surface area contributed by atoms with Crippen molar-refractivity contribution in [1.82, 2.24) is 8.87 Å². The minimum atomic E-state index is -4.18. The number of aliphatic hydroxyl groups is 2. The maximum absolute atomic E-state index is 14.7. The molecule has 0 aliphatic heterocycles. The van der Waals surface area contributed by atoms with Crippen molar-refractivity contribution < 1.29 is 23.0 Å². The molecule has 1 aromatic carbocycles. The fourth-order valence-electron chi connectivity index (χ4n) is 3.83. The number of aromatic nitrogens is 1. The average molecular weight is 506 g/mol. The first-order valence-electron chi connectivity index (χ1n) is 11.5. The van der Waals surface area contributed by atoms with Gasteiger partial charge in [-0.2, -0.15) is 12.7 Å². The van der Waals surface area contributed by atoms with Crippen LogP contribution in [0.15, 0.2) is 29.2 Å². The van der Waals surface area contributed by atoms with E-state index in [1.54, 1.807) is 39.8 Å². The van der Waals surface area contributed by atoms with Crippen molar-refractivity contribution in [2.45, 2.75) is 65.1 Å². The highest BCUT2D eigenvalue weighted by Gasteiger charge is 2.39. The van der Waals surface area contributed by atoms with Crippen LogP contribution in [0.2, 0.25) is 0 Å². The molecular weight excluding hydrogens is 473 g/mol. The van der Waals surface area contributed by atoms with Gasteiger partial charge in [0.25, 0.3) is 5.56 Å². The molecular formula is C25H32FN3O5S. The molecule has 1 heterocycles. The van der Waals surface area contributed by atoms with E-state index in [2.05, 4.69) is 16.6 Å². The third kappa shape index (κ3) is 6.30. The van der Waals surface area contributed by atoms with E-state index in [9.17, 15) is 27.8 Å². The van der Waals surface area contributed by atoms with E-state index in [0.29, 0.717) is 18.4 Å². The average Bonchev–Trinajstić information content (AvgIpc) is 3.62. The highest BCUT2D eigenvalue weighted by Crippen LogP contribution is 2.31. The normalized spacial score (nSPS) is 14.7. The summed E-state index contributed by atoms with van der Waals surface area (Å²) < 4.78 is 46.6. The largest absolute Gasteiger partial charge is 0.394 e. The van der Waals surface area contributed by atoms with Gasteiger partial charge in [0.15, 0.2) is 0 Å². The van der Waals surface area contributed by atoms with Crippen molar-refractivity contribution >= 4 is 15.9 Å². The number of aryl methyl sites for hydroxylation is 1. The van der Waals surface area contributed by atoms with Gasteiger partial charge in [-0.15, -0.1) is 5.92 Å². The lowest BCUT2D eigenvalue weighted by Crippen LogP contribution is -2.43. The zero-order valence-corrected chi connectivity index (χ0v) is 21.2. The predicted molar refractivity (Wildman–Crippen MR) is 133 cm³/mol. The quantitative estimate of drug-likeness (QED) is 0.429. The predicted octanol–water partition coefficient (Wildman–Crippen LogP) is 2.31. The van der Waals surface area contributed by atoms with Crippen molar-refractivity contribution in [1.29, 1.82) is 0 Å².